The second-order valence-corrected chi connectivity index (χ2v) is 7.94. The zero-order valence-electron chi connectivity index (χ0n) is 15.9. The molecule has 2 aromatic carbocycles. The van der Waals surface area contributed by atoms with Gasteiger partial charge in [0, 0.05) is 24.5 Å². The number of fused-ring (bicyclic) bond motifs is 1. The van der Waals surface area contributed by atoms with Crippen LogP contribution in [0.1, 0.15) is 43.2 Å². The second-order valence-electron chi connectivity index (χ2n) is 7.94. The average molecular weight is 364 g/mol. The first-order valence-corrected chi connectivity index (χ1v) is 10.1. The zero-order chi connectivity index (χ0) is 18.6. The Hall–Kier alpha value is -2.17. The van der Waals surface area contributed by atoms with Crippen LogP contribution in [0.4, 0.5) is 0 Å². The minimum Gasteiger partial charge on any atom is -0.352 e. The van der Waals surface area contributed by atoms with E-state index in [-0.39, 0.29) is 29.8 Å². The van der Waals surface area contributed by atoms with E-state index in [1.54, 1.807) is 0 Å². The first kappa shape index (κ1) is 18.2. The van der Waals surface area contributed by atoms with Crippen LogP contribution in [0.25, 0.3) is 0 Å². The third-order valence-corrected chi connectivity index (χ3v) is 6.19. The van der Waals surface area contributed by atoms with Crippen LogP contribution in [-0.4, -0.2) is 24.5 Å². The van der Waals surface area contributed by atoms with Crippen LogP contribution in [0.3, 0.4) is 0 Å². The smallest absolute Gasteiger partial charge is 0.224 e. The van der Waals surface area contributed by atoms with E-state index in [0.717, 1.165) is 19.4 Å². The van der Waals surface area contributed by atoms with Crippen LogP contribution < -0.4 is 16.2 Å². The number of benzene rings is 2. The molecule has 27 heavy (non-hydrogen) atoms. The fraction of sp³-hybridized carbons (Fsp3) is 0.435. The lowest BCUT2D eigenvalue weighted by Crippen LogP contribution is -2.50. The van der Waals surface area contributed by atoms with Gasteiger partial charge in [-0.05, 0) is 36.8 Å². The standard InChI is InChI=1S/C23H29N3O/c1-16(25-23(27)20-14-8-13-19-15-24-26-22(19)20)21(17-9-4-2-5-10-17)18-11-6-3-7-12-18/h2-7,9-12,16,19-22,24,26H,8,13-15H2,1H3,(H,25,27). The highest BCUT2D eigenvalue weighted by Gasteiger charge is 2.40. The molecule has 4 nitrogen and oxygen atoms in total. The third kappa shape index (κ3) is 3.92. The molecule has 4 unspecified atom stereocenters. The van der Waals surface area contributed by atoms with E-state index in [4.69, 9.17) is 0 Å². The number of carbonyl (C=O) groups excluding carboxylic acids is 1. The van der Waals surface area contributed by atoms with Crippen molar-refractivity contribution >= 4 is 5.91 Å². The summed E-state index contributed by atoms with van der Waals surface area (Å²) < 4.78 is 0. The summed E-state index contributed by atoms with van der Waals surface area (Å²) in [6.07, 6.45) is 3.31. The maximum Gasteiger partial charge on any atom is 0.224 e. The fourth-order valence-corrected chi connectivity index (χ4v) is 4.84. The van der Waals surface area contributed by atoms with Gasteiger partial charge >= 0.3 is 0 Å². The van der Waals surface area contributed by atoms with E-state index >= 15 is 0 Å². The number of carbonyl (C=O) groups is 1. The number of hydrazine groups is 1. The molecular weight excluding hydrogens is 334 g/mol. The highest BCUT2D eigenvalue weighted by Crippen LogP contribution is 2.33. The van der Waals surface area contributed by atoms with Gasteiger partial charge < -0.3 is 5.32 Å². The SMILES string of the molecule is CC(NC(=O)C1CCCC2CNNC21)C(c1ccccc1)c1ccccc1. The van der Waals surface area contributed by atoms with Gasteiger partial charge in [0.1, 0.15) is 0 Å². The summed E-state index contributed by atoms with van der Waals surface area (Å²) >= 11 is 0. The Kier molecular flexibility index (Phi) is 5.55. The minimum absolute atomic E-state index is 0.0250. The summed E-state index contributed by atoms with van der Waals surface area (Å²) in [4.78, 5) is 13.1. The molecule has 1 saturated carbocycles. The van der Waals surface area contributed by atoms with E-state index in [0.29, 0.717) is 5.92 Å². The number of amides is 1. The Labute approximate surface area is 161 Å². The van der Waals surface area contributed by atoms with Crippen molar-refractivity contribution in [2.45, 2.75) is 44.2 Å². The first-order valence-electron chi connectivity index (χ1n) is 10.1. The molecule has 142 valence electrons. The van der Waals surface area contributed by atoms with E-state index in [1.165, 1.54) is 17.5 Å². The molecule has 4 rings (SSSR count). The highest BCUT2D eigenvalue weighted by molar-refractivity contribution is 5.80. The van der Waals surface area contributed by atoms with Crippen LogP contribution in [0.5, 0.6) is 0 Å². The van der Waals surface area contributed by atoms with Gasteiger partial charge in [0.15, 0.2) is 0 Å². The van der Waals surface area contributed by atoms with Crippen LogP contribution in [0.2, 0.25) is 0 Å². The van der Waals surface area contributed by atoms with Gasteiger partial charge in [0.05, 0.1) is 5.92 Å². The molecule has 2 aromatic rings. The molecule has 0 spiro atoms. The molecule has 1 aliphatic heterocycles. The van der Waals surface area contributed by atoms with E-state index in [9.17, 15) is 4.79 Å². The molecule has 1 heterocycles. The van der Waals surface area contributed by atoms with Crippen molar-refractivity contribution in [1.82, 2.24) is 16.2 Å². The summed E-state index contributed by atoms with van der Waals surface area (Å²) in [5.74, 6) is 0.952. The molecule has 1 aliphatic carbocycles. The Balaban J connectivity index is 1.53. The van der Waals surface area contributed by atoms with Crippen molar-refractivity contribution in [2.24, 2.45) is 11.8 Å². The number of rotatable bonds is 5. The van der Waals surface area contributed by atoms with Crippen LogP contribution >= 0.6 is 0 Å². The van der Waals surface area contributed by atoms with Crippen molar-refractivity contribution in [3.05, 3.63) is 71.8 Å². The molecule has 4 atom stereocenters. The van der Waals surface area contributed by atoms with Crippen LogP contribution in [0, 0.1) is 11.8 Å². The molecule has 1 saturated heterocycles. The van der Waals surface area contributed by atoms with Crippen LogP contribution in [0.15, 0.2) is 60.7 Å². The monoisotopic (exact) mass is 363 g/mol. The van der Waals surface area contributed by atoms with E-state index in [2.05, 4.69) is 71.6 Å². The summed E-state index contributed by atoms with van der Waals surface area (Å²) in [5.41, 5.74) is 9.06. The first-order chi connectivity index (χ1) is 13.2. The van der Waals surface area contributed by atoms with Gasteiger partial charge in [-0.3, -0.25) is 15.6 Å². The predicted octanol–water partition coefficient (Wildman–Crippen LogP) is 3.22. The van der Waals surface area contributed by atoms with Crippen LogP contribution in [-0.2, 0) is 4.79 Å². The van der Waals surface area contributed by atoms with Crippen molar-refractivity contribution < 1.29 is 4.79 Å². The quantitative estimate of drug-likeness (QED) is 0.765. The normalized spacial score (nSPS) is 25.8. The Morgan fingerprint density at radius 1 is 1.00 bits per heavy atom. The Morgan fingerprint density at radius 2 is 1.63 bits per heavy atom. The molecule has 0 bridgehead atoms. The maximum absolute atomic E-state index is 13.1. The summed E-state index contributed by atoms with van der Waals surface area (Å²) in [5, 5.41) is 3.35. The summed E-state index contributed by atoms with van der Waals surface area (Å²) in [7, 11) is 0. The molecule has 2 fully saturated rings. The number of hydrogen-bond donors (Lipinski definition) is 3. The van der Waals surface area contributed by atoms with Gasteiger partial charge in [-0.1, -0.05) is 67.1 Å². The van der Waals surface area contributed by atoms with Crippen molar-refractivity contribution in [2.75, 3.05) is 6.54 Å². The van der Waals surface area contributed by atoms with Gasteiger partial charge in [0.2, 0.25) is 5.91 Å². The lowest BCUT2D eigenvalue weighted by Gasteiger charge is -2.34. The van der Waals surface area contributed by atoms with Gasteiger partial charge in [-0.15, -0.1) is 0 Å². The van der Waals surface area contributed by atoms with Gasteiger partial charge in [-0.25, -0.2) is 0 Å². The van der Waals surface area contributed by atoms with Crippen molar-refractivity contribution in [3.8, 4) is 0 Å². The summed E-state index contributed by atoms with van der Waals surface area (Å²) in [6.45, 7) is 3.10. The maximum atomic E-state index is 13.1. The zero-order valence-corrected chi connectivity index (χ0v) is 15.9. The fourth-order valence-electron chi connectivity index (χ4n) is 4.84. The molecular formula is C23H29N3O. The lowest BCUT2D eigenvalue weighted by molar-refractivity contribution is -0.127. The van der Waals surface area contributed by atoms with Gasteiger partial charge in [-0.2, -0.15) is 0 Å². The summed E-state index contributed by atoms with van der Waals surface area (Å²) in [6, 6.07) is 21.2. The van der Waals surface area contributed by atoms with Crippen molar-refractivity contribution in [1.29, 1.82) is 0 Å². The molecule has 1 amide bonds. The lowest BCUT2D eigenvalue weighted by atomic mass is 9.77. The minimum atomic E-state index is 0.0250. The molecule has 2 aliphatic rings. The van der Waals surface area contributed by atoms with E-state index in [1.807, 2.05) is 12.1 Å². The number of nitrogens with one attached hydrogen (secondary N) is 3. The Morgan fingerprint density at radius 3 is 2.26 bits per heavy atom. The van der Waals surface area contributed by atoms with E-state index < -0.39 is 0 Å². The Bertz CT molecular complexity index is 709. The van der Waals surface area contributed by atoms with Crippen molar-refractivity contribution in [3.63, 3.8) is 0 Å². The molecule has 0 radical (unpaired) electrons. The number of hydrogen-bond acceptors (Lipinski definition) is 3. The largest absolute Gasteiger partial charge is 0.352 e. The topological polar surface area (TPSA) is 53.2 Å². The third-order valence-electron chi connectivity index (χ3n) is 6.19. The molecule has 4 heteroatoms. The van der Waals surface area contributed by atoms with Gasteiger partial charge in [0.25, 0.3) is 0 Å². The predicted molar refractivity (Wildman–Crippen MR) is 108 cm³/mol. The molecule has 0 aromatic heterocycles. The average Bonchev–Trinajstić information content (AvgIpc) is 3.18. The highest BCUT2D eigenvalue weighted by atomic mass is 16.2. The second kappa shape index (κ2) is 8.24. The molecule has 3 N–H and O–H groups in total.